The smallest absolute Gasteiger partial charge is 0.305 e. The first-order valence-electron chi connectivity index (χ1n) is 18.3. The minimum absolute atomic E-state index is 0.110. The van der Waals surface area contributed by atoms with Crippen LogP contribution < -0.4 is 0 Å². The maximum Gasteiger partial charge on any atom is 0.305 e. The molecule has 250 valence electrons. The summed E-state index contributed by atoms with van der Waals surface area (Å²) in [7, 11) is 0. The minimum atomic E-state index is -0.955. The van der Waals surface area contributed by atoms with Gasteiger partial charge in [0.05, 0.1) is 0 Å². The number of ether oxygens (including phenoxy) is 2. The summed E-state index contributed by atoms with van der Waals surface area (Å²) in [6, 6.07) is 0. The van der Waals surface area contributed by atoms with Crippen LogP contribution in [0.15, 0.2) is 0 Å². The van der Waals surface area contributed by atoms with Gasteiger partial charge in [0.15, 0.2) is 0 Å². The van der Waals surface area contributed by atoms with Gasteiger partial charge in [-0.05, 0) is 24.7 Å². The molecule has 2 atom stereocenters. The first-order valence-corrected chi connectivity index (χ1v) is 18.3. The lowest BCUT2D eigenvalue weighted by Gasteiger charge is -2.12. The lowest BCUT2D eigenvalue weighted by atomic mass is 9.99. The maximum atomic E-state index is 11.9. The molecule has 0 saturated carbocycles. The minimum Gasteiger partial charge on any atom is -0.463 e. The average Bonchev–Trinajstić information content (AvgIpc) is 2.97. The number of carbonyl (C=O) groups is 2. The molecule has 1 N–H and O–H groups in total. The predicted molar refractivity (Wildman–Crippen MR) is 178 cm³/mol. The van der Waals surface area contributed by atoms with Crippen LogP contribution in [0.4, 0.5) is 0 Å². The van der Waals surface area contributed by atoms with Crippen molar-refractivity contribution < 1.29 is 24.2 Å². The molecule has 1 unspecified atom stereocenters. The second-order valence-electron chi connectivity index (χ2n) is 13.4. The monoisotopic (exact) mass is 597 g/mol. The Labute approximate surface area is 261 Å². The van der Waals surface area contributed by atoms with Gasteiger partial charge in [0, 0.05) is 12.8 Å². The van der Waals surface area contributed by atoms with E-state index in [4.69, 9.17) is 9.47 Å². The van der Waals surface area contributed by atoms with Gasteiger partial charge in [0.1, 0.15) is 19.3 Å². The molecule has 0 rings (SSSR count). The third-order valence-corrected chi connectivity index (χ3v) is 8.56. The van der Waals surface area contributed by atoms with Gasteiger partial charge in [-0.15, -0.1) is 0 Å². The fourth-order valence-corrected chi connectivity index (χ4v) is 5.36. The molecule has 0 fully saturated rings. The number of rotatable bonds is 32. The zero-order chi connectivity index (χ0) is 31.1. The lowest BCUT2D eigenvalue weighted by Crippen LogP contribution is -2.25. The summed E-state index contributed by atoms with van der Waals surface area (Å²) >= 11 is 0. The number of aliphatic hydroxyl groups excluding tert-OH is 1. The van der Waals surface area contributed by atoms with Crippen LogP contribution >= 0.6 is 0 Å². The standard InChI is InChI=1S/C37H72O5/c1-5-34(4)28-24-20-16-13-14-18-22-26-30-37(40)42-32-35(38)31-41-36(39)29-25-21-17-12-10-8-6-7-9-11-15-19-23-27-33(2)3/h33-35,38H,5-32H2,1-4H3/t34?,35-/m1/s1. The van der Waals surface area contributed by atoms with Crippen molar-refractivity contribution in [1.29, 1.82) is 0 Å². The Morgan fingerprint density at radius 3 is 1.14 bits per heavy atom. The summed E-state index contributed by atoms with van der Waals surface area (Å²) in [4.78, 5) is 23.8. The number of hydrogen-bond donors (Lipinski definition) is 1. The van der Waals surface area contributed by atoms with Crippen molar-refractivity contribution in [2.45, 2.75) is 201 Å². The van der Waals surface area contributed by atoms with Crippen LogP contribution in [0.1, 0.15) is 195 Å². The van der Waals surface area contributed by atoms with Gasteiger partial charge in [-0.25, -0.2) is 0 Å². The summed E-state index contributed by atoms with van der Waals surface area (Å²) in [5, 5.41) is 9.98. The van der Waals surface area contributed by atoms with Crippen molar-refractivity contribution in [2.24, 2.45) is 11.8 Å². The highest BCUT2D eigenvalue weighted by Gasteiger charge is 2.12. The largest absolute Gasteiger partial charge is 0.463 e. The van der Waals surface area contributed by atoms with Crippen LogP contribution in [-0.4, -0.2) is 36.4 Å². The van der Waals surface area contributed by atoms with Gasteiger partial charge in [-0.1, -0.05) is 169 Å². The Kier molecular flexibility index (Phi) is 30.5. The number of aliphatic hydroxyl groups is 1. The first-order chi connectivity index (χ1) is 20.3. The molecular weight excluding hydrogens is 524 g/mol. The second-order valence-corrected chi connectivity index (χ2v) is 13.4. The van der Waals surface area contributed by atoms with E-state index >= 15 is 0 Å². The summed E-state index contributed by atoms with van der Waals surface area (Å²) in [5.41, 5.74) is 0. The average molecular weight is 597 g/mol. The van der Waals surface area contributed by atoms with E-state index in [9.17, 15) is 14.7 Å². The van der Waals surface area contributed by atoms with E-state index in [-0.39, 0.29) is 25.2 Å². The SMILES string of the molecule is CCC(C)CCCCCCCCCCC(=O)OC[C@H](O)COC(=O)CCCCCCCCCCCCCCCC(C)C. The summed E-state index contributed by atoms with van der Waals surface area (Å²) in [5.74, 6) is 1.15. The molecule has 0 bridgehead atoms. The quantitative estimate of drug-likeness (QED) is 0.0617. The molecule has 5 heteroatoms. The van der Waals surface area contributed by atoms with Crippen molar-refractivity contribution in [3.8, 4) is 0 Å². The van der Waals surface area contributed by atoms with Crippen LogP contribution in [0.5, 0.6) is 0 Å². The molecular formula is C37H72O5. The first kappa shape index (κ1) is 40.9. The normalized spacial score (nSPS) is 12.9. The summed E-state index contributed by atoms with van der Waals surface area (Å²) < 4.78 is 10.3. The van der Waals surface area contributed by atoms with E-state index < -0.39 is 6.10 Å². The Morgan fingerprint density at radius 1 is 0.500 bits per heavy atom. The van der Waals surface area contributed by atoms with Crippen molar-refractivity contribution in [3.63, 3.8) is 0 Å². The Morgan fingerprint density at radius 2 is 0.810 bits per heavy atom. The number of esters is 2. The Balaban J connectivity index is 3.41. The van der Waals surface area contributed by atoms with E-state index in [1.807, 2.05) is 0 Å². The van der Waals surface area contributed by atoms with Gasteiger partial charge in [0.2, 0.25) is 0 Å². The molecule has 5 nitrogen and oxygen atoms in total. The number of carbonyl (C=O) groups excluding carboxylic acids is 2. The molecule has 0 aromatic rings. The molecule has 0 aliphatic heterocycles. The fraction of sp³-hybridized carbons (Fsp3) is 0.946. The van der Waals surface area contributed by atoms with Gasteiger partial charge < -0.3 is 14.6 Å². The molecule has 0 aromatic heterocycles. The van der Waals surface area contributed by atoms with Crippen LogP contribution in [0.3, 0.4) is 0 Å². The molecule has 0 aliphatic carbocycles. The number of unbranched alkanes of at least 4 members (excludes halogenated alkanes) is 19. The van der Waals surface area contributed by atoms with E-state index in [0.29, 0.717) is 12.8 Å². The molecule has 0 radical (unpaired) electrons. The highest BCUT2D eigenvalue weighted by molar-refractivity contribution is 5.69. The van der Waals surface area contributed by atoms with E-state index in [2.05, 4.69) is 27.7 Å². The number of hydrogen-bond acceptors (Lipinski definition) is 5. The molecule has 0 heterocycles. The Hall–Kier alpha value is -1.10. The molecule has 0 saturated heterocycles. The van der Waals surface area contributed by atoms with Crippen molar-refractivity contribution in [1.82, 2.24) is 0 Å². The second kappa shape index (κ2) is 31.3. The zero-order valence-corrected chi connectivity index (χ0v) is 28.6. The summed E-state index contributed by atoms with van der Waals surface area (Å²) in [6.07, 6.45) is 30.0. The van der Waals surface area contributed by atoms with Gasteiger partial charge >= 0.3 is 11.9 Å². The molecule has 0 aromatic carbocycles. The van der Waals surface area contributed by atoms with E-state index in [1.54, 1.807) is 0 Å². The highest BCUT2D eigenvalue weighted by Crippen LogP contribution is 2.16. The third-order valence-electron chi connectivity index (χ3n) is 8.56. The lowest BCUT2D eigenvalue weighted by molar-refractivity contribution is -0.152. The molecule has 0 amide bonds. The van der Waals surface area contributed by atoms with Crippen LogP contribution in [0, 0.1) is 11.8 Å². The van der Waals surface area contributed by atoms with Crippen LogP contribution in [0.25, 0.3) is 0 Å². The molecule has 0 aliphatic rings. The van der Waals surface area contributed by atoms with Crippen LogP contribution in [-0.2, 0) is 19.1 Å². The maximum absolute atomic E-state index is 11.9. The molecule has 42 heavy (non-hydrogen) atoms. The van der Waals surface area contributed by atoms with Gasteiger partial charge in [-0.2, -0.15) is 0 Å². The predicted octanol–water partition coefficient (Wildman–Crippen LogP) is 10.9. The van der Waals surface area contributed by atoms with Crippen molar-refractivity contribution >= 4 is 11.9 Å². The third kappa shape index (κ3) is 31.8. The van der Waals surface area contributed by atoms with Crippen LogP contribution in [0.2, 0.25) is 0 Å². The zero-order valence-electron chi connectivity index (χ0n) is 28.6. The van der Waals surface area contributed by atoms with E-state index in [0.717, 1.165) is 43.9 Å². The van der Waals surface area contributed by atoms with Gasteiger partial charge in [-0.3, -0.25) is 9.59 Å². The van der Waals surface area contributed by atoms with Gasteiger partial charge in [0.25, 0.3) is 0 Å². The highest BCUT2D eigenvalue weighted by atomic mass is 16.6. The molecule has 0 spiro atoms. The van der Waals surface area contributed by atoms with E-state index in [1.165, 1.54) is 122 Å². The Bertz CT molecular complexity index is 591. The van der Waals surface area contributed by atoms with Crippen molar-refractivity contribution in [3.05, 3.63) is 0 Å². The fourth-order valence-electron chi connectivity index (χ4n) is 5.36. The topological polar surface area (TPSA) is 72.8 Å². The summed E-state index contributed by atoms with van der Waals surface area (Å²) in [6.45, 7) is 9.00. The van der Waals surface area contributed by atoms with Crippen molar-refractivity contribution in [2.75, 3.05) is 13.2 Å².